The molecule has 0 spiro atoms. The van der Waals surface area contributed by atoms with Crippen LogP contribution < -0.4 is 10.6 Å². The van der Waals surface area contributed by atoms with E-state index in [1.807, 2.05) is 19.1 Å². The van der Waals surface area contributed by atoms with E-state index >= 15 is 0 Å². The Hall–Kier alpha value is -1.88. The van der Waals surface area contributed by atoms with E-state index in [2.05, 4.69) is 28.1 Å². The first-order chi connectivity index (χ1) is 9.65. The molecule has 1 fully saturated rings. The van der Waals surface area contributed by atoms with Crippen molar-refractivity contribution in [2.75, 3.05) is 0 Å². The van der Waals surface area contributed by atoms with Crippen LogP contribution in [0.3, 0.4) is 0 Å². The van der Waals surface area contributed by atoms with Crippen molar-refractivity contribution in [1.29, 1.82) is 0 Å². The molecule has 1 aromatic carbocycles. The van der Waals surface area contributed by atoms with Gasteiger partial charge in [-0.25, -0.2) is 0 Å². The SMILES string of the molecule is CC(NC(=O)C1CCC(=O)N1)c1csc2ccccc12. The number of nitrogens with one attached hydrogen (secondary N) is 2. The first kappa shape index (κ1) is 13.1. The normalized spacial score (nSPS) is 19.9. The Morgan fingerprint density at radius 2 is 2.25 bits per heavy atom. The Bertz CT molecular complexity index is 665. The highest BCUT2D eigenvalue weighted by Crippen LogP contribution is 2.30. The molecule has 0 radical (unpaired) electrons. The highest BCUT2D eigenvalue weighted by atomic mass is 32.1. The lowest BCUT2D eigenvalue weighted by Gasteiger charge is -2.17. The van der Waals surface area contributed by atoms with E-state index in [9.17, 15) is 9.59 Å². The summed E-state index contributed by atoms with van der Waals surface area (Å²) in [5, 5.41) is 8.95. The lowest BCUT2D eigenvalue weighted by atomic mass is 10.1. The molecule has 2 heterocycles. The van der Waals surface area contributed by atoms with Crippen LogP contribution in [0, 0.1) is 0 Å². The fraction of sp³-hybridized carbons (Fsp3) is 0.333. The molecule has 1 saturated heterocycles. The Balaban J connectivity index is 1.74. The summed E-state index contributed by atoms with van der Waals surface area (Å²) in [5.74, 6) is -0.141. The van der Waals surface area contributed by atoms with Crippen LogP contribution in [0.2, 0.25) is 0 Å². The molecule has 0 bridgehead atoms. The summed E-state index contributed by atoms with van der Waals surface area (Å²) < 4.78 is 1.22. The van der Waals surface area contributed by atoms with Crippen LogP contribution in [0.5, 0.6) is 0 Å². The number of thiophene rings is 1. The zero-order valence-electron chi connectivity index (χ0n) is 11.2. The van der Waals surface area contributed by atoms with Crippen LogP contribution in [0.1, 0.15) is 31.4 Å². The van der Waals surface area contributed by atoms with Crippen molar-refractivity contribution in [1.82, 2.24) is 10.6 Å². The maximum absolute atomic E-state index is 12.1. The second-order valence-electron chi connectivity index (χ2n) is 5.08. The van der Waals surface area contributed by atoms with Crippen LogP contribution in [-0.2, 0) is 9.59 Å². The topological polar surface area (TPSA) is 58.2 Å². The van der Waals surface area contributed by atoms with Crippen molar-refractivity contribution in [3.05, 3.63) is 35.2 Å². The minimum atomic E-state index is -0.380. The smallest absolute Gasteiger partial charge is 0.243 e. The van der Waals surface area contributed by atoms with Gasteiger partial charge in [-0.05, 0) is 35.7 Å². The highest BCUT2D eigenvalue weighted by Gasteiger charge is 2.28. The number of carbonyl (C=O) groups is 2. The number of benzene rings is 1. The first-order valence-corrected chi connectivity index (χ1v) is 7.59. The zero-order valence-corrected chi connectivity index (χ0v) is 12.0. The third-order valence-corrected chi connectivity index (χ3v) is 4.63. The standard InChI is InChI=1S/C15H16N2O2S/c1-9(16-15(19)12-6-7-14(18)17-12)11-8-20-13-5-3-2-4-10(11)13/h2-5,8-9,12H,6-7H2,1H3,(H,16,19)(H,17,18). The van der Waals surface area contributed by atoms with E-state index in [0.717, 1.165) is 5.56 Å². The monoisotopic (exact) mass is 288 g/mol. The summed E-state index contributed by atoms with van der Waals surface area (Å²) in [6, 6.07) is 7.73. The molecule has 20 heavy (non-hydrogen) atoms. The second-order valence-corrected chi connectivity index (χ2v) is 5.99. The quantitative estimate of drug-likeness (QED) is 0.911. The molecular weight excluding hydrogens is 272 g/mol. The number of carbonyl (C=O) groups excluding carboxylic acids is 2. The van der Waals surface area contributed by atoms with Crippen LogP contribution in [0.25, 0.3) is 10.1 Å². The minimum Gasteiger partial charge on any atom is -0.348 e. The van der Waals surface area contributed by atoms with Gasteiger partial charge in [0.2, 0.25) is 11.8 Å². The van der Waals surface area contributed by atoms with Gasteiger partial charge in [0.05, 0.1) is 6.04 Å². The molecule has 1 aliphatic heterocycles. The van der Waals surface area contributed by atoms with Crippen molar-refractivity contribution < 1.29 is 9.59 Å². The Morgan fingerprint density at radius 1 is 1.45 bits per heavy atom. The van der Waals surface area contributed by atoms with Crippen molar-refractivity contribution in [2.45, 2.75) is 31.8 Å². The molecule has 5 heteroatoms. The average molecular weight is 288 g/mol. The molecule has 2 amide bonds. The van der Waals surface area contributed by atoms with E-state index in [-0.39, 0.29) is 23.9 Å². The first-order valence-electron chi connectivity index (χ1n) is 6.71. The van der Waals surface area contributed by atoms with Crippen LogP contribution in [-0.4, -0.2) is 17.9 Å². The summed E-state index contributed by atoms with van der Waals surface area (Å²) >= 11 is 1.68. The molecule has 2 atom stereocenters. The third kappa shape index (κ3) is 2.41. The van der Waals surface area contributed by atoms with Gasteiger partial charge < -0.3 is 10.6 Å². The Morgan fingerprint density at radius 3 is 3.00 bits per heavy atom. The Labute approximate surface area is 121 Å². The largest absolute Gasteiger partial charge is 0.348 e. The fourth-order valence-corrected chi connectivity index (χ4v) is 3.59. The molecule has 2 unspecified atom stereocenters. The molecule has 1 aromatic heterocycles. The lowest BCUT2D eigenvalue weighted by Crippen LogP contribution is -2.42. The number of rotatable bonds is 3. The van der Waals surface area contributed by atoms with E-state index < -0.39 is 0 Å². The Kier molecular flexibility index (Phi) is 3.44. The van der Waals surface area contributed by atoms with E-state index in [1.165, 1.54) is 10.1 Å². The molecule has 3 rings (SSSR count). The molecule has 2 N–H and O–H groups in total. The highest BCUT2D eigenvalue weighted by molar-refractivity contribution is 7.17. The van der Waals surface area contributed by atoms with Gasteiger partial charge in [0.25, 0.3) is 0 Å². The predicted molar refractivity (Wildman–Crippen MR) is 79.5 cm³/mol. The number of amides is 2. The van der Waals surface area contributed by atoms with E-state index in [0.29, 0.717) is 12.8 Å². The predicted octanol–water partition coefficient (Wildman–Crippen LogP) is 2.36. The van der Waals surface area contributed by atoms with Crippen LogP contribution >= 0.6 is 11.3 Å². The molecule has 104 valence electrons. The van der Waals surface area contributed by atoms with Gasteiger partial charge in [0.15, 0.2) is 0 Å². The molecule has 0 saturated carbocycles. The summed E-state index contributed by atoms with van der Waals surface area (Å²) in [7, 11) is 0. The summed E-state index contributed by atoms with van der Waals surface area (Å²) in [4.78, 5) is 23.3. The van der Waals surface area contributed by atoms with Gasteiger partial charge in [-0.15, -0.1) is 11.3 Å². The maximum atomic E-state index is 12.1. The van der Waals surface area contributed by atoms with Crippen molar-refractivity contribution >= 4 is 33.2 Å². The second kappa shape index (κ2) is 5.25. The average Bonchev–Trinajstić information content (AvgIpc) is 3.04. The minimum absolute atomic E-state index is 0.0428. The number of hydrogen-bond acceptors (Lipinski definition) is 3. The van der Waals surface area contributed by atoms with Crippen molar-refractivity contribution in [2.24, 2.45) is 0 Å². The molecule has 0 aliphatic carbocycles. The number of hydrogen-bond donors (Lipinski definition) is 2. The van der Waals surface area contributed by atoms with Gasteiger partial charge in [-0.1, -0.05) is 18.2 Å². The molecule has 1 aliphatic rings. The fourth-order valence-electron chi connectivity index (χ4n) is 2.54. The van der Waals surface area contributed by atoms with E-state index in [4.69, 9.17) is 0 Å². The molecule has 4 nitrogen and oxygen atoms in total. The van der Waals surface area contributed by atoms with Crippen LogP contribution in [0.15, 0.2) is 29.6 Å². The van der Waals surface area contributed by atoms with Gasteiger partial charge in [-0.3, -0.25) is 9.59 Å². The number of fused-ring (bicyclic) bond motifs is 1. The van der Waals surface area contributed by atoms with Crippen molar-refractivity contribution in [3.8, 4) is 0 Å². The van der Waals surface area contributed by atoms with Gasteiger partial charge in [0.1, 0.15) is 6.04 Å². The zero-order chi connectivity index (χ0) is 14.1. The molecule has 2 aromatic rings. The van der Waals surface area contributed by atoms with Gasteiger partial charge in [0, 0.05) is 11.1 Å². The summed E-state index contributed by atoms with van der Waals surface area (Å²) in [5.41, 5.74) is 1.13. The maximum Gasteiger partial charge on any atom is 0.243 e. The summed E-state index contributed by atoms with van der Waals surface area (Å²) in [6.45, 7) is 1.98. The van der Waals surface area contributed by atoms with Crippen molar-refractivity contribution in [3.63, 3.8) is 0 Å². The third-order valence-electron chi connectivity index (χ3n) is 3.65. The van der Waals surface area contributed by atoms with E-state index in [1.54, 1.807) is 11.3 Å². The summed E-state index contributed by atoms with van der Waals surface area (Å²) in [6.07, 6.45) is 1.02. The molecular formula is C15H16N2O2S. The lowest BCUT2D eigenvalue weighted by molar-refractivity contribution is -0.126. The van der Waals surface area contributed by atoms with Crippen LogP contribution in [0.4, 0.5) is 0 Å². The van der Waals surface area contributed by atoms with Gasteiger partial charge in [-0.2, -0.15) is 0 Å². The van der Waals surface area contributed by atoms with Gasteiger partial charge >= 0.3 is 0 Å².